The first-order valence-electron chi connectivity index (χ1n) is 10.6. The second-order valence-corrected chi connectivity index (χ2v) is 26.9. The SMILES string of the molecule is B=N[Si](C)(C)O[Si](C)(C)CCC1CC2CC1C([Si](C)(C)O[Si](C)(C)N=B)C2. The average molecular weight is 438 g/mol. The van der Waals surface area contributed by atoms with Crippen LogP contribution in [0.4, 0.5) is 0 Å². The van der Waals surface area contributed by atoms with Crippen molar-refractivity contribution in [1.29, 1.82) is 0 Å². The maximum atomic E-state index is 6.70. The third-order valence-electron chi connectivity index (χ3n) is 6.76. The molecular formula is C17H40B2N2O2Si4. The fourth-order valence-electron chi connectivity index (χ4n) is 5.67. The van der Waals surface area contributed by atoms with Crippen molar-refractivity contribution in [3.8, 4) is 0 Å². The minimum atomic E-state index is -1.96. The van der Waals surface area contributed by atoms with E-state index in [-0.39, 0.29) is 0 Å². The predicted molar refractivity (Wildman–Crippen MR) is 129 cm³/mol. The summed E-state index contributed by atoms with van der Waals surface area (Å²) >= 11 is 0. The molecule has 2 aliphatic rings. The molecule has 4 unspecified atom stereocenters. The molecule has 0 amide bonds. The van der Waals surface area contributed by atoms with Gasteiger partial charge in [0, 0.05) is 0 Å². The van der Waals surface area contributed by atoms with Crippen LogP contribution >= 0.6 is 0 Å². The molecule has 2 bridgehead atoms. The van der Waals surface area contributed by atoms with E-state index in [0.717, 1.165) is 23.3 Å². The van der Waals surface area contributed by atoms with Crippen LogP contribution in [0.2, 0.25) is 64.0 Å². The summed E-state index contributed by atoms with van der Waals surface area (Å²) in [5, 5.41) is 0. The van der Waals surface area contributed by atoms with Gasteiger partial charge in [0.25, 0.3) is 0 Å². The van der Waals surface area contributed by atoms with Crippen LogP contribution in [0.25, 0.3) is 0 Å². The van der Waals surface area contributed by atoms with Gasteiger partial charge in [-0.25, -0.2) is 0 Å². The minimum absolute atomic E-state index is 0.793. The molecule has 0 aliphatic heterocycles. The van der Waals surface area contributed by atoms with Gasteiger partial charge in [0.05, 0.1) is 0 Å². The number of rotatable bonds is 10. The summed E-state index contributed by atoms with van der Waals surface area (Å²) in [6, 6.07) is 1.25. The topological polar surface area (TPSA) is 43.2 Å². The first-order chi connectivity index (χ1) is 12.2. The monoisotopic (exact) mass is 438 g/mol. The van der Waals surface area contributed by atoms with Crippen LogP contribution < -0.4 is 0 Å². The Bertz CT molecular complexity index is 575. The quantitative estimate of drug-likeness (QED) is 0.460. The molecule has 0 heterocycles. The van der Waals surface area contributed by atoms with Crippen LogP contribution in [0.15, 0.2) is 9.12 Å². The van der Waals surface area contributed by atoms with E-state index in [1.807, 2.05) is 0 Å². The van der Waals surface area contributed by atoms with Gasteiger partial charge in [0.1, 0.15) is 0 Å². The summed E-state index contributed by atoms with van der Waals surface area (Å²) < 4.78 is 21.9. The average Bonchev–Trinajstić information content (AvgIpc) is 3.12. The number of hydrogen-bond acceptors (Lipinski definition) is 4. The van der Waals surface area contributed by atoms with Gasteiger partial charge in [-0.3, -0.25) is 0 Å². The van der Waals surface area contributed by atoms with Crippen molar-refractivity contribution in [2.24, 2.45) is 26.9 Å². The molecule has 2 rings (SSSR count). The van der Waals surface area contributed by atoms with Crippen molar-refractivity contribution < 1.29 is 8.23 Å². The van der Waals surface area contributed by atoms with Crippen molar-refractivity contribution in [2.45, 2.75) is 89.6 Å². The van der Waals surface area contributed by atoms with Crippen LogP contribution in [-0.2, 0) is 8.23 Å². The molecule has 10 heteroatoms. The van der Waals surface area contributed by atoms with E-state index in [2.05, 4.69) is 76.8 Å². The van der Waals surface area contributed by atoms with E-state index in [0.29, 0.717) is 0 Å². The van der Waals surface area contributed by atoms with Crippen molar-refractivity contribution in [3.05, 3.63) is 0 Å². The molecule has 4 nitrogen and oxygen atoms in total. The molecule has 0 N–H and O–H groups in total. The van der Waals surface area contributed by atoms with Crippen LogP contribution in [0.5, 0.6) is 0 Å². The van der Waals surface area contributed by atoms with Crippen LogP contribution in [0, 0.1) is 17.8 Å². The fourth-order valence-corrected chi connectivity index (χ4v) is 21.2. The molecule has 0 aromatic carbocycles. The molecule has 0 saturated heterocycles. The van der Waals surface area contributed by atoms with Crippen LogP contribution in [0.1, 0.15) is 25.7 Å². The van der Waals surface area contributed by atoms with Gasteiger partial charge in [-0.2, -0.15) is 0 Å². The number of fused-ring (bicyclic) bond motifs is 2. The Morgan fingerprint density at radius 1 is 0.815 bits per heavy atom. The summed E-state index contributed by atoms with van der Waals surface area (Å²) in [6.07, 6.45) is 5.57. The zero-order chi connectivity index (χ0) is 20.7. The first kappa shape index (κ1) is 23.8. The maximum absolute atomic E-state index is 6.70. The summed E-state index contributed by atoms with van der Waals surface area (Å²) in [7, 11) is 0.226. The molecule has 2 aliphatic carbocycles. The van der Waals surface area contributed by atoms with Crippen molar-refractivity contribution in [3.63, 3.8) is 0 Å². The Morgan fingerprint density at radius 2 is 1.37 bits per heavy atom. The Morgan fingerprint density at radius 3 is 1.89 bits per heavy atom. The summed E-state index contributed by atoms with van der Waals surface area (Å²) in [5.41, 5.74) is 0.793. The molecule has 0 spiro atoms. The third kappa shape index (κ3) is 6.25. The summed E-state index contributed by atoms with van der Waals surface area (Å²) in [5.74, 6) is 2.65. The molecule has 2 fully saturated rings. The second kappa shape index (κ2) is 8.33. The summed E-state index contributed by atoms with van der Waals surface area (Å²) in [4.78, 5) is 0. The Labute approximate surface area is 173 Å². The Balaban J connectivity index is 1.99. The second-order valence-electron chi connectivity index (χ2n) is 10.9. The standard InChI is InChI=1S/C17H40B2N2O2Si4/c1-24(2,22-26(5,6)20-18)10-9-15-11-14-12-16(15)17(13-14)25(3,4)23-27(7,8)21-19/h14-19H,9-13H2,1-8H3. The normalized spacial score (nSPS) is 29.1. The zero-order valence-corrected chi connectivity index (χ0v) is 23.0. The molecule has 4 atom stereocenters. The van der Waals surface area contributed by atoms with E-state index in [4.69, 9.17) is 8.23 Å². The van der Waals surface area contributed by atoms with Crippen molar-refractivity contribution in [1.82, 2.24) is 0 Å². The molecule has 27 heavy (non-hydrogen) atoms. The van der Waals surface area contributed by atoms with Gasteiger partial charge < -0.3 is 0 Å². The molecule has 0 radical (unpaired) electrons. The van der Waals surface area contributed by atoms with Gasteiger partial charge in [0.15, 0.2) is 0 Å². The van der Waals surface area contributed by atoms with Crippen molar-refractivity contribution in [2.75, 3.05) is 0 Å². The Hall–Kier alpha value is 0.517. The van der Waals surface area contributed by atoms with Crippen LogP contribution in [-0.4, -0.2) is 48.9 Å². The molecular weight excluding hydrogens is 398 g/mol. The van der Waals surface area contributed by atoms with Gasteiger partial charge in [-0.1, -0.05) is 0 Å². The van der Waals surface area contributed by atoms with Crippen LogP contribution in [0.3, 0.4) is 0 Å². The molecule has 152 valence electrons. The third-order valence-corrected chi connectivity index (χ3v) is 20.5. The van der Waals surface area contributed by atoms with Gasteiger partial charge in [0.2, 0.25) is 0 Å². The number of hydrogen-bond donors (Lipinski definition) is 0. The Kier molecular flexibility index (Phi) is 7.34. The molecule has 2 saturated carbocycles. The van der Waals surface area contributed by atoms with Crippen molar-refractivity contribution >= 4 is 48.9 Å². The van der Waals surface area contributed by atoms with Gasteiger partial charge in [-0.05, 0) is 0 Å². The molecule has 0 aromatic rings. The van der Waals surface area contributed by atoms with Gasteiger partial charge >= 0.3 is 174 Å². The van der Waals surface area contributed by atoms with E-state index in [1.165, 1.54) is 31.7 Å². The zero-order valence-electron chi connectivity index (χ0n) is 19.0. The van der Waals surface area contributed by atoms with E-state index in [1.54, 1.807) is 0 Å². The summed E-state index contributed by atoms with van der Waals surface area (Å²) in [6.45, 7) is 18.3. The van der Waals surface area contributed by atoms with E-state index in [9.17, 15) is 0 Å². The van der Waals surface area contributed by atoms with Gasteiger partial charge in [-0.15, -0.1) is 0 Å². The first-order valence-corrected chi connectivity index (χ1v) is 22.4. The predicted octanol–water partition coefficient (Wildman–Crippen LogP) is 4.81. The van der Waals surface area contributed by atoms with E-state index >= 15 is 0 Å². The fraction of sp³-hybridized carbons (Fsp3) is 1.00. The van der Waals surface area contributed by atoms with E-state index < -0.39 is 33.6 Å². The molecule has 0 aromatic heterocycles. The number of nitrogens with zero attached hydrogens (tertiary/aromatic N) is 2.